The number of methoxy groups -OCH3 is 1. The summed E-state index contributed by atoms with van der Waals surface area (Å²) in [6.07, 6.45) is 2.13. The third kappa shape index (κ3) is 4.05. The number of anilines is 1. The molecule has 7 nitrogen and oxygen atoms in total. The van der Waals surface area contributed by atoms with Gasteiger partial charge in [-0.05, 0) is 30.2 Å². The lowest BCUT2D eigenvalue weighted by atomic mass is 10.1. The second kappa shape index (κ2) is 7.38. The van der Waals surface area contributed by atoms with Gasteiger partial charge in [-0.2, -0.15) is 5.26 Å². The van der Waals surface area contributed by atoms with E-state index in [9.17, 15) is 15.2 Å². The molecule has 1 amide bonds. The van der Waals surface area contributed by atoms with Crippen molar-refractivity contribution in [3.05, 3.63) is 34.3 Å². The topological polar surface area (TPSA) is 108 Å². The number of hydrogen-bond acceptors (Lipinski definition) is 7. The van der Waals surface area contributed by atoms with Gasteiger partial charge in [-0.3, -0.25) is 10.1 Å². The number of aryl methyl sites for hydroxylation is 1. The molecule has 23 heavy (non-hydrogen) atoms. The van der Waals surface area contributed by atoms with E-state index in [0.29, 0.717) is 10.7 Å². The van der Waals surface area contributed by atoms with Gasteiger partial charge in [0.05, 0.1) is 7.11 Å². The Balaban J connectivity index is 2.21. The van der Waals surface area contributed by atoms with Crippen LogP contribution in [0.25, 0.3) is 6.08 Å². The Hall–Kier alpha value is -2.92. The van der Waals surface area contributed by atoms with Crippen LogP contribution < -0.4 is 10.1 Å². The minimum Gasteiger partial charge on any atom is -0.504 e. The van der Waals surface area contributed by atoms with Gasteiger partial charge >= 0.3 is 0 Å². The number of hydrogen-bond donors (Lipinski definition) is 2. The molecular formula is C15H14N4O3S. The normalized spacial score (nSPS) is 10.9. The number of rotatable bonds is 5. The van der Waals surface area contributed by atoms with E-state index in [1.165, 1.54) is 36.7 Å². The Labute approximate surface area is 136 Å². The Morgan fingerprint density at radius 2 is 2.30 bits per heavy atom. The van der Waals surface area contributed by atoms with Crippen molar-refractivity contribution in [3.63, 3.8) is 0 Å². The van der Waals surface area contributed by atoms with Crippen molar-refractivity contribution < 1.29 is 14.6 Å². The smallest absolute Gasteiger partial charge is 0.268 e. The van der Waals surface area contributed by atoms with E-state index >= 15 is 0 Å². The van der Waals surface area contributed by atoms with Crippen LogP contribution in [0.15, 0.2) is 23.8 Å². The van der Waals surface area contributed by atoms with Gasteiger partial charge in [0.25, 0.3) is 5.91 Å². The van der Waals surface area contributed by atoms with Crippen LogP contribution in [0.2, 0.25) is 0 Å². The Kier molecular flexibility index (Phi) is 5.28. The van der Waals surface area contributed by atoms with E-state index < -0.39 is 5.91 Å². The van der Waals surface area contributed by atoms with Gasteiger partial charge in [0, 0.05) is 0 Å². The van der Waals surface area contributed by atoms with Crippen LogP contribution in [0, 0.1) is 11.3 Å². The van der Waals surface area contributed by atoms with E-state index in [1.54, 1.807) is 6.07 Å². The number of aromatic hydroxyl groups is 1. The maximum Gasteiger partial charge on any atom is 0.268 e. The molecule has 0 spiro atoms. The van der Waals surface area contributed by atoms with E-state index in [1.807, 2.05) is 13.0 Å². The summed E-state index contributed by atoms with van der Waals surface area (Å²) in [7, 11) is 1.42. The fourth-order valence-corrected chi connectivity index (χ4v) is 2.39. The van der Waals surface area contributed by atoms with E-state index in [4.69, 9.17) is 4.74 Å². The van der Waals surface area contributed by atoms with Gasteiger partial charge in [0.15, 0.2) is 11.5 Å². The van der Waals surface area contributed by atoms with Gasteiger partial charge in [-0.1, -0.05) is 24.3 Å². The van der Waals surface area contributed by atoms with Crippen LogP contribution in [0.4, 0.5) is 5.13 Å². The van der Waals surface area contributed by atoms with Crippen LogP contribution in [-0.4, -0.2) is 28.3 Å². The standard InChI is InChI=1S/C15H14N4O3S/c1-3-13-18-19-15(23-13)17-14(21)10(8-16)6-9-4-5-11(20)12(7-9)22-2/h4-7,20H,3H2,1-2H3,(H,17,19,21)/b10-6+. The zero-order chi connectivity index (χ0) is 16.8. The molecular weight excluding hydrogens is 316 g/mol. The molecule has 2 N–H and O–H groups in total. The lowest BCUT2D eigenvalue weighted by Crippen LogP contribution is -2.13. The monoisotopic (exact) mass is 330 g/mol. The van der Waals surface area contributed by atoms with Crippen molar-refractivity contribution in [3.8, 4) is 17.6 Å². The highest BCUT2D eigenvalue weighted by molar-refractivity contribution is 7.15. The molecule has 0 radical (unpaired) electrons. The molecule has 0 aliphatic heterocycles. The zero-order valence-electron chi connectivity index (χ0n) is 12.5. The first kappa shape index (κ1) is 16.5. The fraction of sp³-hybridized carbons (Fsp3) is 0.200. The van der Waals surface area contributed by atoms with Gasteiger partial charge in [-0.25, -0.2) is 0 Å². The molecule has 118 valence electrons. The maximum absolute atomic E-state index is 12.1. The molecule has 1 heterocycles. The van der Waals surface area contributed by atoms with Crippen molar-refractivity contribution >= 4 is 28.5 Å². The number of aromatic nitrogens is 2. The fourth-order valence-electron chi connectivity index (χ4n) is 1.71. The van der Waals surface area contributed by atoms with E-state index in [2.05, 4.69) is 15.5 Å². The zero-order valence-corrected chi connectivity index (χ0v) is 13.3. The van der Waals surface area contributed by atoms with Crippen molar-refractivity contribution in [2.24, 2.45) is 0 Å². The quantitative estimate of drug-likeness (QED) is 0.643. The number of carbonyl (C=O) groups is 1. The number of phenolic OH excluding ortho intramolecular Hbond substituents is 1. The molecule has 1 aromatic heterocycles. The van der Waals surface area contributed by atoms with Crippen LogP contribution in [-0.2, 0) is 11.2 Å². The molecule has 0 aliphatic carbocycles. The first-order valence-electron chi connectivity index (χ1n) is 6.70. The Morgan fingerprint density at radius 1 is 1.52 bits per heavy atom. The predicted octanol–water partition coefficient (Wildman–Crippen LogP) is 2.36. The summed E-state index contributed by atoms with van der Waals surface area (Å²) in [5.41, 5.74) is 0.462. The number of ether oxygens (including phenoxy) is 1. The lowest BCUT2D eigenvalue weighted by molar-refractivity contribution is -0.112. The summed E-state index contributed by atoms with van der Waals surface area (Å²) in [5, 5.41) is 30.1. The summed E-state index contributed by atoms with van der Waals surface area (Å²) in [5.74, 6) is -0.333. The highest BCUT2D eigenvalue weighted by Gasteiger charge is 2.13. The summed E-state index contributed by atoms with van der Waals surface area (Å²) in [6.45, 7) is 1.94. The molecule has 0 unspecified atom stereocenters. The summed E-state index contributed by atoms with van der Waals surface area (Å²) in [4.78, 5) is 12.1. The second-order valence-electron chi connectivity index (χ2n) is 4.41. The van der Waals surface area contributed by atoms with Gasteiger partial charge in [0.1, 0.15) is 16.6 Å². The van der Waals surface area contributed by atoms with Crippen molar-refractivity contribution in [2.75, 3.05) is 12.4 Å². The summed E-state index contributed by atoms with van der Waals surface area (Å²) in [6, 6.07) is 6.37. The van der Waals surface area contributed by atoms with Crippen LogP contribution >= 0.6 is 11.3 Å². The Bertz CT molecular complexity index is 792. The number of amides is 1. The van der Waals surface area contributed by atoms with Gasteiger partial charge < -0.3 is 9.84 Å². The average molecular weight is 330 g/mol. The maximum atomic E-state index is 12.1. The molecule has 1 aromatic carbocycles. The average Bonchev–Trinajstić information content (AvgIpc) is 3.01. The second-order valence-corrected chi connectivity index (χ2v) is 5.47. The van der Waals surface area contributed by atoms with Crippen LogP contribution in [0.5, 0.6) is 11.5 Å². The van der Waals surface area contributed by atoms with E-state index in [-0.39, 0.29) is 17.1 Å². The number of nitrogens with zero attached hydrogens (tertiary/aromatic N) is 3. The largest absolute Gasteiger partial charge is 0.504 e. The number of phenols is 1. The number of benzene rings is 1. The molecule has 2 aromatic rings. The third-order valence-corrected chi connectivity index (χ3v) is 3.85. The predicted molar refractivity (Wildman–Crippen MR) is 86.2 cm³/mol. The van der Waals surface area contributed by atoms with Gasteiger partial charge in [-0.15, -0.1) is 10.2 Å². The minimum atomic E-state index is -0.571. The molecule has 8 heteroatoms. The SMILES string of the molecule is CCc1nnc(NC(=O)/C(C#N)=C/c2ccc(O)c(OC)c2)s1. The van der Waals surface area contributed by atoms with Gasteiger partial charge in [0.2, 0.25) is 5.13 Å². The van der Waals surface area contributed by atoms with Crippen molar-refractivity contribution in [2.45, 2.75) is 13.3 Å². The molecule has 0 fully saturated rings. The third-order valence-electron chi connectivity index (χ3n) is 2.87. The molecule has 0 aliphatic rings. The molecule has 0 atom stereocenters. The summed E-state index contributed by atoms with van der Waals surface area (Å²) >= 11 is 1.26. The number of nitriles is 1. The molecule has 2 rings (SSSR count). The van der Waals surface area contributed by atoms with Crippen LogP contribution in [0.3, 0.4) is 0 Å². The highest BCUT2D eigenvalue weighted by Crippen LogP contribution is 2.27. The van der Waals surface area contributed by atoms with Crippen molar-refractivity contribution in [1.29, 1.82) is 5.26 Å². The molecule has 0 saturated carbocycles. The first-order valence-corrected chi connectivity index (χ1v) is 7.51. The first-order chi connectivity index (χ1) is 11.1. The summed E-state index contributed by atoms with van der Waals surface area (Å²) < 4.78 is 4.99. The lowest BCUT2D eigenvalue weighted by Gasteiger charge is -2.04. The molecule has 0 saturated heterocycles. The number of carbonyl (C=O) groups excluding carboxylic acids is 1. The van der Waals surface area contributed by atoms with Crippen molar-refractivity contribution in [1.82, 2.24) is 10.2 Å². The van der Waals surface area contributed by atoms with Crippen LogP contribution in [0.1, 0.15) is 17.5 Å². The molecule has 0 bridgehead atoms. The highest BCUT2D eigenvalue weighted by atomic mass is 32.1. The number of nitrogens with one attached hydrogen (secondary N) is 1. The minimum absolute atomic E-state index is 0.0198. The van der Waals surface area contributed by atoms with E-state index in [0.717, 1.165) is 11.4 Å². The Morgan fingerprint density at radius 3 is 2.91 bits per heavy atom.